The lowest BCUT2D eigenvalue weighted by Crippen LogP contribution is -2.43. The van der Waals surface area contributed by atoms with E-state index in [0.29, 0.717) is 13.1 Å². The fraction of sp³-hybridized carbons (Fsp3) is 0.542. The van der Waals surface area contributed by atoms with Crippen LogP contribution in [0.2, 0.25) is 0 Å². The predicted octanol–water partition coefficient (Wildman–Crippen LogP) is 3.79. The first-order chi connectivity index (χ1) is 14.0. The van der Waals surface area contributed by atoms with Gasteiger partial charge in [-0.1, -0.05) is 36.2 Å². The molecular formula is C24H31N3O2. The molecule has 1 saturated heterocycles. The first-order valence-corrected chi connectivity index (χ1v) is 11.0. The highest BCUT2D eigenvalue weighted by atomic mass is 16.2. The number of amides is 1. The smallest absolute Gasteiger partial charge is 0.267 e. The molecule has 0 bridgehead atoms. The highest BCUT2D eigenvalue weighted by molar-refractivity contribution is 5.83. The largest absolute Gasteiger partial charge is 0.342 e. The molecule has 4 rings (SSSR count). The first kappa shape index (κ1) is 19.9. The predicted molar refractivity (Wildman–Crippen MR) is 114 cm³/mol. The number of aromatic nitrogens is 2. The third-order valence-electron chi connectivity index (χ3n) is 6.55. The summed E-state index contributed by atoms with van der Waals surface area (Å²) in [6, 6.07) is 10.1. The normalized spacial score (nSPS) is 18.8. The third-order valence-corrected chi connectivity index (χ3v) is 6.55. The fourth-order valence-electron chi connectivity index (χ4n) is 4.62. The minimum atomic E-state index is -0.138. The highest BCUT2D eigenvalue weighted by Crippen LogP contribution is 2.26. The van der Waals surface area contributed by atoms with Crippen molar-refractivity contribution in [2.24, 2.45) is 0 Å². The van der Waals surface area contributed by atoms with Crippen molar-refractivity contribution in [1.29, 1.82) is 0 Å². The van der Waals surface area contributed by atoms with Gasteiger partial charge in [-0.05, 0) is 63.5 Å². The summed E-state index contributed by atoms with van der Waals surface area (Å²) in [6.07, 6.45) is 7.05. The number of piperidine rings is 1. The van der Waals surface area contributed by atoms with Gasteiger partial charge in [0.05, 0.1) is 17.7 Å². The molecule has 1 atom stereocenters. The van der Waals surface area contributed by atoms with Gasteiger partial charge in [-0.2, -0.15) is 5.10 Å². The van der Waals surface area contributed by atoms with Crippen molar-refractivity contribution in [1.82, 2.24) is 14.7 Å². The van der Waals surface area contributed by atoms with E-state index in [1.807, 2.05) is 30.0 Å². The van der Waals surface area contributed by atoms with Crippen LogP contribution in [0.5, 0.6) is 0 Å². The molecule has 5 heteroatoms. The lowest BCUT2D eigenvalue weighted by Gasteiger charge is -2.34. The van der Waals surface area contributed by atoms with Gasteiger partial charge in [0.25, 0.3) is 5.56 Å². The van der Waals surface area contributed by atoms with E-state index in [-0.39, 0.29) is 23.4 Å². The van der Waals surface area contributed by atoms with Crippen LogP contribution in [0, 0.1) is 6.92 Å². The van der Waals surface area contributed by atoms with E-state index in [4.69, 9.17) is 5.10 Å². The van der Waals surface area contributed by atoms with Crippen molar-refractivity contribution < 1.29 is 4.79 Å². The van der Waals surface area contributed by atoms with E-state index in [2.05, 4.69) is 19.1 Å². The zero-order chi connectivity index (χ0) is 20.4. The summed E-state index contributed by atoms with van der Waals surface area (Å²) in [5.41, 5.74) is 4.53. The zero-order valence-electron chi connectivity index (χ0n) is 17.6. The molecule has 0 spiro atoms. The maximum Gasteiger partial charge on any atom is 0.267 e. The van der Waals surface area contributed by atoms with Gasteiger partial charge >= 0.3 is 0 Å². The topological polar surface area (TPSA) is 55.2 Å². The van der Waals surface area contributed by atoms with Gasteiger partial charge in [-0.3, -0.25) is 9.59 Å². The van der Waals surface area contributed by atoms with Gasteiger partial charge in [0.1, 0.15) is 0 Å². The summed E-state index contributed by atoms with van der Waals surface area (Å²) in [5.74, 6) is 0.0371. The lowest BCUT2D eigenvalue weighted by atomic mass is 9.96. The first-order valence-electron chi connectivity index (χ1n) is 11.0. The van der Waals surface area contributed by atoms with Crippen molar-refractivity contribution in [2.45, 2.75) is 70.8 Å². The monoisotopic (exact) mass is 393 g/mol. The van der Waals surface area contributed by atoms with Crippen LogP contribution in [0.1, 0.15) is 73.4 Å². The molecule has 2 aliphatic rings. The van der Waals surface area contributed by atoms with Gasteiger partial charge in [-0.25, -0.2) is 4.68 Å². The van der Waals surface area contributed by atoms with E-state index in [9.17, 15) is 9.59 Å². The van der Waals surface area contributed by atoms with Gasteiger partial charge in [0.2, 0.25) is 5.91 Å². The van der Waals surface area contributed by atoms with Gasteiger partial charge in [0.15, 0.2) is 0 Å². The van der Waals surface area contributed by atoms with Crippen LogP contribution < -0.4 is 5.56 Å². The molecule has 2 heterocycles. The van der Waals surface area contributed by atoms with Gasteiger partial charge < -0.3 is 4.90 Å². The van der Waals surface area contributed by atoms with Crippen LogP contribution in [-0.4, -0.2) is 33.7 Å². The zero-order valence-corrected chi connectivity index (χ0v) is 17.6. The third kappa shape index (κ3) is 4.29. The summed E-state index contributed by atoms with van der Waals surface area (Å²) >= 11 is 0. The minimum absolute atomic E-state index is 0.0171. The average Bonchev–Trinajstić information content (AvgIpc) is 2.97. The van der Waals surface area contributed by atoms with Crippen molar-refractivity contribution in [3.63, 3.8) is 0 Å². The minimum Gasteiger partial charge on any atom is -0.342 e. The van der Waals surface area contributed by atoms with E-state index < -0.39 is 0 Å². The second-order valence-corrected chi connectivity index (χ2v) is 8.65. The van der Waals surface area contributed by atoms with Crippen LogP contribution in [-0.2, 0) is 17.6 Å². The molecule has 2 aromatic rings. The van der Waals surface area contributed by atoms with Gasteiger partial charge in [-0.15, -0.1) is 0 Å². The molecule has 0 unspecified atom stereocenters. The Kier molecular flexibility index (Phi) is 5.84. The molecule has 1 fully saturated rings. The summed E-state index contributed by atoms with van der Waals surface area (Å²) in [4.78, 5) is 27.6. The second-order valence-electron chi connectivity index (χ2n) is 8.65. The SMILES string of the molecule is Cc1ccc([C@H](C)C(=O)N2CCC(n3nc4c(cc3=O)CCCCC4)CC2)cc1. The summed E-state index contributed by atoms with van der Waals surface area (Å²) in [7, 11) is 0. The van der Waals surface area contributed by atoms with Crippen LogP contribution in [0.3, 0.4) is 0 Å². The van der Waals surface area contributed by atoms with E-state index in [1.54, 1.807) is 4.68 Å². The number of benzene rings is 1. The standard InChI is InChI=1S/C24H31N3O2/c1-17-8-10-19(11-9-17)18(2)24(29)26-14-12-21(13-15-26)27-23(28)16-20-6-4-3-5-7-22(20)25-27/h8-11,16,18,21H,3-7,12-15H2,1-2H3/t18-/m0/s1. The molecule has 5 nitrogen and oxygen atoms in total. The Hall–Kier alpha value is -2.43. The van der Waals surface area contributed by atoms with Gasteiger partial charge in [0, 0.05) is 19.2 Å². The number of hydrogen-bond donors (Lipinski definition) is 0. The van der Waals surface area contributed by atoms with E-state index in [0.717, 1.165) is 55.3 Å². The number of aryl methyl sites for hydroxylation is 3. The van der Waals surface area contributed by atoms with E-state index >= 15 is 0 Å². The van der Waals surface area contributed by atoms with Crippen LogP contribution in [0.25, 0.3) is 0 Å². The molecule has 29 heavy (non-hydrogen) atoms. The number of carbonyl (C=O) groups is 1. The summed E-state index contributed by atoms with van der Waals surface area (Å²) in [5, 5.41) is 4.76. The summed E-state index contributed by atoms with van der Waals surface area (Å²) in [6.45, 7) is 5.41. The van der Waals surface area contributed by atoms with Crippen LogP contribution >= 0.6 is 0 Å². The molecule has 1 amide bonds. The van der Waals surface area contributed by atoms with E-state index in [1.165, 1.54) is 12.0 Å². The Bertz CT molecular complexity index is 924. The molecule has 0 saturated carbocycles. The molecule has 1 aliphatic heterocycles. The number of fused-ring (bicyclic) bond motifs is 1. The number of carbonyl (C=O) groups excluding carboxylic acids is 1. The summed E-state index contributed by atoms with van der Waals surface area (Å²) < 4.78 is 1.70. The number of hydrogen-bond acceptors (Lipinski definition) is 3. The Morgan fingerprint density at radius 1 is 1.07 bits per heavy atom. The molecule has 1 aliphatic carbocycles. The van der Waals surface area contributed by atoms with Crippen LogP contribution in [0.4, 0.5) is 0 Å². The van der Waals surface area contributed by atoms with Crippen molar-refractivity contribution in [3.8, 4) is 0 Å². The highest BCUT2D eigenvalue weighted by Gasteiger charge is 2.28. The quantitative estimate of drug-likeness (QED) is 0.746. The lowest BCUT2D eigenvalue weighted by molar-refractivity contribution is -0.133. The Morgan fingerprint density at radius 2 is 1.76 bits per heavy atom. The van der Waals surface area contributed by atoms with Crippen molar-refractivity contribution >= 4 is 5.91 Å². The molecule has 0 radical (unpaired) electrons. The van der Waals surface area contributed by atoms with Crippen LogP contribution in [0.15, 0.2) is 35.1 Å². The second kappa shape index (κ2) is 8.52. The molecule has 154 valence electrons. The molecule has 1 aromatic heterocycles. The molecule has 1 aromatic carbocycles. The maximum absolute atomic E-state index is 13.0. The Labute approximate surface area is 172 Å². The number of likely N-dealkylation sites (tertiary alicyclic amines) is 1. The molecular weight excluding hydrogens is 362 g/mol. The Morgan fingerprint density at radius 3 is 2.48 bits per heavy atom. The van der Waals surface area contributed by atoms with Crippen molar-refractivity contribution in [3.05, 3.63) is 63.1 Å². The Balaban J connectivity index is 1.43. The number of rotatable bonds is 3. The molecule has 0 N–H and O–H groups in total. The maximum atomic E-state index is 13.0. The average molecular weight is 394 g/mol. The van der Waals surface area contributed by atoms with Crippen molar-refractivity contribution in [2.75, 3.05) is 13.1 Å². The number of nitrogens with zero attached hydrogens (tertiary/aromatic N) is 3. The fourth-order valence-corrected chi connectivity index (χ4v) is 4.62.